The van der Waals surface area contributed by atoms with Crippen LogP contribution in [0.5, 0.6) is 0 Å². The Labute approximate surface area is 245 Å². The SMILES string of the molecule is CC(C)[C@H](NC(=O)c1ccc2ccccc2c1)C(=O)N1CCC[C@H]1C(=O)N[C@H](CO)CC(=O)NOCc1ccccc1. The van der Waals surface area contributed by atoms with Crippen LogP contribution in [0.3, 0.4) is 0 Å². The van der Waals surface area contributed by atoms with E-state index in [1.54, 1.807) is 12.1 Å². The number of benzene rings is 3. The lowest BCUT2D eigenvalue weighted by Gasteiger charge is -2.31. The monoisotopic (exact) mass is 574 g/mol. The molecule has 0 aliphatic carbocycles. The van der Waals surface area contributed by atoms with Gasteiger partial charge in [-0.3, -0.25) is 24.0 Å². The molecule has 1 saturated heterocycles. The fourth-order valence-electron chi connectivity index (χ4n) is 5.05. The minimum atomic E-state index is -0.858. The third-order valence-electron chi connectivity index (χ3n) is 7.34. The smallest absolute Gasteiger partial charge is 0.251 e. The van der Waals surface area contributed by atoms with Crippen molar-refractivity contribution in [3.05, 3.63) is 83.9 Å². The molecule has 10 nitrogen and oxygen atoms in total. The molecule has 3 aromatic carbocycles. The molecular weight excluding hydrogens is 536 g/mol. The van der Waals surface area contributed by atoms with E-state index in [4.69, 9.17) is 4.84 Å². The number of fused-ring (bicyclic) bond motifs is 1. The number of nitrogens with one attached hydrogen (secondary N) is 3. The minimum absolute atomic E-state index is 0.177. The van der Waals surface area contributed by atoms with Gasteiger partial charge in [0.05, 0.1) is 25.7 Å². The van der Waals surface area contributed by atoms with Crippen molar-refractivity contribution in [2.75, 3.05) is 13.2 Å². The van der Waals surface area contributed by atoms with Gasteiger partial charge in [-0.2, -0.15) is 0 Å². The van der Waals surface area contributed by atoms with Crippen LogP contribution < -0.4 is 16.1 Å². The summed E-state index contributed by atoms with van der Waals surface area (Å²) in [7, 11) is 0. The Morgan fingerprint density at radius 2 is 1.67 bits per heavy atom. The molecular formula is C32H38N4O6. The number of hydroxylamine groups is 1. The molecule has 4 rings (SSSR count). The normalized spacial score (nSPS) is 16.2. The molecule has 0 unspecified atom stereocenters. The maximum atomic E-state index is 13.7. The second-order valence-electron chi connectivity index (χ2n) is 10.8. The van der Waals surface area contributed by atoms with E-state index < -0.39 is 36.5 Å². The highest BCUT2D eigenvalue weighted by atomic mass is 16.6. The van der Waals surface area contributed by atoms with Crippen molar-refractivity contribution in [1.29, 1.82) is 0 Å². The summed E-state index contributed by atoms with van der Waals surface area (Å²) in [6.07, 6.45) is 0.852. The predicted octanol–water partition coefficient (Wildman–Crippen LogP) is 2.70. The third kappa shape index (κ3) is 7.92. The fraction of sp³-hybridized carbons (Fsp3) is 0.375. The second kappa shape index (κ2) is 14.6. The van der Waals surface area contributed by atoms with E-state index in [2.05, 4.69) is 16.1 Å². The Hall–Kier alpha value is -4.28. The van der Waals surface area contributed by atoms with Gasteiger partial charge in [0.15, 0.2) is 0 Å². The molecule has 1 heterocycles. The molecule has 0 radical (unpaired) electrons. The number of hydrogen-bond donors (Lipinski definition) is 4. The van der Waals surface area contributed by atoms with Gasteiger partial charge < -0.3 is 20.6 Å². The van der Waals surface area contributed by atoms with Gasteiger partial charge >= 0.3 is 0 Å². The van der Waals surface area contributed by atoms with Gasteiger partial charge in [-0.1, -0.05) is 74.5 Å². The van der Waals surface area contributed by atoms with Gasteiger partial charge in [0.2, 0.25) is 17.7 Å². The average Bonchev–Trinajstić information content (AvgIpc) is 3.49. The second-order valence-corrected chi connectivity index (χ2v) is 10.8. The molecule has 0 saturated carbocycles. The summed E-state index contributed by atoms with van der Waals surface area (Å²) in [4.78, 5) is 59.0. The van der Waals surface area contributed by atoms with Crippen LogP contribution in [0.1, 0.15) is 49.0 Å². The first kappa shape index (κ1) is 30.7. The van der Waals surface area contributed by atoms with E-state index >= 15 is 0 Å². The first-order valence-corrected chi connectivity index (χ1v) is 14.2. The third-order valence-corrected chi connectivity index (χ3v) is 7.34. The van der Waals surface area contributed by atoms with Crippen molar-refractivity contribution in [3.8, 4) is 0 Å². The van der Waals surface area contributed by atoms with Crippen LogP contribution in [0.2, 0.25) is 0 Å². The minimum Gasteiger partial charge on any atom is -0.394 e. The maximum absolute atomic E-state index is 13.7. The number of nitrogens with zero attached hydrogens (tertiary/aromatic N) is 1. The van der Waals surface area contributed by atoms with Crippen molar-refractivity contribution >= 4 is 34.4 Å². The number of aliphatic hydroxyl groups is 1. The van der Waals surface area contributed by atoms with Crippen LogP contribution in [-0.2, 0) is 25.8 Å². The number of amides is 4. The number of aliphatic hydroxyl groups excluding tert-OH is 1. The van der Waals surface area contributed by atoms with E-state index in [9.17, 15) is 24.3 Å². The van der Waals surface area contributed by atoms with Crippen molar-refractivity contribution in [1.82, 2.24) is 21.0 Å². The Morgan fingerprint density at radius 3 is 2.38 bits per heavy atom. The van der Waals surface area contributed by atoms with E-state index in [-0.39, 0.29) is 30.8 Å². The molecule has 3 aromatic rings. The summed E-state index contributed by atoms with van der Waals surface area (Å²) in [5.74, 6) is -1.89. The van der Waals surface area contributed by atoms with Crippen LogP contribution in [0.25, 0.3) is 10.8 Å². The molecule has 222 valence electrons. The molecule has 0 spiro atoms. The lowest BCUT2D eigenvalue weighted by molar-refractivity contribution is -0.141. The van der Waals surface area contributed by atoms with E-state index in [0.717, 1.165) is 16.3 Å². The highest BCUT2D eigenvalue weighted by Gasteiger charge is 2.39. The summed E-state index contributed by atoms with van der Waals surface area (Å²) in [6.45, 7) is 3.76. The van der Waals surface area contributed by atoms with Crippen molar-refractivity contribution in [2.24, 2.45) is 5.92 Å². The topological polar surface area (TPSA) is 137 Å². The standard InChI is InChI=1S/C32H38N4O6/c1-21(2)29(34-30(39)25-15-14-23-11-6-7-12-24(23)17-25)32(41)36-16-8-13-27(36)31(40)33-26(19-37)18-28(38)35-42-20-22-9-4-3-5-10-22/h3-7,9-12,14-15,17,21,26-27,29,37H,8,13,16,18-20H2,1-2H3,(H,33,40)(H,34,39)(H,35,38)/t26-,27-,29-/m0/s1. The van der Waals surface area contributed by atoms with Crippen LogP contribution in [-0.4, -0.2) is 64.9 Å². The molecule has 42 heavy (non-hydrogen) atoms. The van der Waals surface area contributed by atoms with Crippen LogP contribution in [0.15, 0.2) is 72.8 Å². The van der Waals surface area contributed by atoms with E-state index in [1.165, 1.54) is 4.90 Å². The molecule has 10 heteroatoms. The molecule has 1 aliphatic heterocycles. The maximum Gasteiger partial charge on any atom is 0.251 e. The lowest BCUT2D eigenvalue weighted by atomic mass is 10.0. The molecule has 3 atom stereocenters. The zero-order chi connectivity index (χ0) is 30.1. The van der Waals surface area contributed by atoms with Gasteiger partial charge in [-0.25, -0.2) is 5.48 Å². The zero-order valence-electron chi connectivity index (χ0n) is 23.9. The first-order valence-electron chi connectivity index (χ1n) is 14.2. The number of carbonyl (C=O) groups excluding carboxylic acids is 4. The number of carbonyl (C=O) groups is 4. The largest absolute Gasteiger partial charge is 0.394 e. The number of hydrogen-bond acceptors (Lipinski definition) is 6. The Morgan fingerprint density at radius 1 is 0.952 bits per heavy atom. The number of likely N-dealkylation sites (tertiary alicyclic amines) is 1. The van der Waals surface area contributed by atoms with Crippen LogP contribution >= 0.6 is 0 Å². The van der Waals surface area contributed by atoms with Gasteiger partial charge in [0.25, 0.3) is 5.91 Å². The van der Waals surface area contributed by atoms with Crippen molar-refractivity contribution in [3.63, 3.8) is 0 Å². The van der Waals surface area contributed by atoms with Crippen LogP contribution in [0, 0.1) is 5.92 Å². The Kier molecular flexibility index (Phi) is 10.6. The average molecular weight is 575 g/mol. The fourth-order valence-corrected chi connectivity index (χ4v) is 5.05. The Balaban J connectivity index is 1.34. The molecule has 4 amide bonds. The van der Waals surface area contributed by atoms with Crippen LogP contribution in [0.4, 0.5) is 0 Å². The first-order chi connectivity index (χ1) is 20.3. The summed E-state index contributed by atoms with van der Waals surface area (Å²) < 4.78 is 0. The van der Waals surface area contributed by atoms with Crippen molar-refractivity contribution in [2.45, 2.75) is 57.8 Å². The summed E-state index contributed by atoms with van der Waals surface area (Å²) in [6, 6.07) is 19.9. The summed E-state index contributed by atoms with van der Waals surface area (Å²) in [5, 5.41) is 17.3. The summed E-state index contributed by atoms with van der Waals surface area (Å²) >= 11 is 0. The Bertz CT molecular complexity index is 1400. The molecule has 0 bridgehead atoms. The van der Waals surface area contributed by atoms with Crippen molar-refractivity contribution < 1.29 is 29.1 Å². The number of rotatable bonds is 12. The van der Waals surface area contributed by atoms with Gasteiger partial charge in [0.1, 0.15) is 12.1 Å². The van der Waals surface area contributed by atoms with E-state index in [1.807, 2.05) is 74.5 Å². The zero-order valence-corrected chi connectivity index (χ0v) is 23.9. The predicted molar refractivity (Wildman–Crippen MR) is 158 cm³/mol. The van der Waals surface area contributed by atoms with Gasteiger partial charge in [0, 0.05) is 12.1 Å². The molecule has 1 fully saturated rings. The molecule has 4 N–H and O–H groups in total. The quantitative estimate of drug-likeness (QED) is 0.246. The highest BCUT2D eigenvalue weighted by molar-refractivity contribution is 6.01. The molecule has 1 aliphatic rings. The van der Waals surface area contributed by atoms with E-state index in [0.29, 0.717) is 24.9 Å². The lowest BCUT2D eigenvalue weighted by Crippen LogP contribution is -2.56. The summed E-state index contributed by atoms with van der Waals surface area (Å²) in [5.41, 5.74) is 3.65. The van der Waals surface area contributed by atoms with Gasteiger partial charge in [-0.05, 0) is 47.2 Å². The highest BCUT2D eigenvalue weighted by Crippen LogP contribution is 2.22. The molecule has 0 aromatic heterocycles. The van der Waals surface area contributed by atoms with Gasteiger partial charge in [-0.15, -0.1) is 0 Å².